The molecule has 1 aromatic rings. The highest BCUT2D eigenvalue weighted by atomic mass is 79.9. The molecule has 0 bridgehead atoms. The molecule has 0 radical (unpaired) electrons. The van der Waals surface area contributed by atoms with Crippen molar-refractivity contribution in [3.8, 4) is 0 Å². The van der Waals surface area contributed by atoms with Gasteiger partial charge in [-0.05, 0) is 46.8 Å². The van der Waals surface area contributed by atoms with Crippen LogP contribution in [-0.2, 0) is 0 Å². The SMILES string of the molecule is CC(C)CCC(O)c1c(F)ccc(Br)c1F. The van der Waals surface area contributed by atoms with E-state index in [4.69, 9.17) is 0 Å². The van der Waals surface area contributed by atoms with Gasteiger partial charge in [-0.15, -0.1) is 0 Å². The van der Waals surface area contributed by atoms with E-state index in [1.54, 1.807) is 0 Å². The molecule has 1 N–H and O–H groups in total. The zero-order chi connectivity index (χ0) is 12.3. The highest BCUT2D eigenvalue weighted by Gasteiger charge is 2.20. The Morgan fingerprint density at radius 1 is 1.25 bits per heavy atom. The van der Waals surface area contributed by atoms with Crippen LogP contribution in [0.25, 0.3) is 0 Å². The maximum atomic E-state index is 13.6. The van der Waals surface area contributed by atoms with E-state index in [0.717, 1.165) is 12.5 Å². The molecule has 16 heavy (non-hydrogen) atoms. The molecule has 0 fully saturated rings. The summed E-state index contributed by atoms with van der Waals surface area (Å²) in [6.07, 6.45) is 0.00836. The first kappa shape index (κ1) is 13.6. The van der Waals surface area contributed by atoms with Gasteiger partial charge in [-0.25, -0.2) is 8.78 Å². The van der Waals surface area contributed by atoms with Gasteiger partial charge in [0, 0.05) is 0 Å². The van der Waals surface area contributed by atoms with Gasteiger partial charge < -0.3 is 5.11 Å². The molecule has 1 rings (SSSR count). The third kappa shape index (κ3) is 3.25. The molecule has 1 aromatic carbocycles. The van der Waals surface area contributed by atoms with Crippen LogP contribution in [0.2, 0.25) is 0 Å². The predicted molar refractivity (Wildman–Crippen MR) is 63.1 cm³/mol. The van der Waals surface area contributed by atoms with Gasteiger partial charge in [0.15, 0.2) is 0 Å². The molecule has 90 valence electrons. The number of aliphatic hydroxyl groups is 1. The summed E-state index contributed by atoms with van der Waals surface area (Å²) in [5.74, 6) is -1.01. The Hall–Kier alpha value is -0.480. The topological polar surface area (TPSA) is 20.2 Å². The Kier molecular flexibility index (Phi) is 4.87. The van der Waals surface area contributed by atoms with Crippen LogP contribution in [0.5, 0.6) is 0 Å². The van der Waals surface area contributed by atoms with Crippen LogP contribution >= 0.6 is 15.9 Å². The van der Waals surface area contributed by atoms with E-state index in [9.17, 15) is 13.9 Å². The second-order valence-electron chi connectivity index (χ2n) is 4.24. The summed E-state index contributed by atoms with van der Waals surface area (Å²) in [6, 6.07) is 2.45. The van der Waals surface area contributed by atoms with E-state index >= 15 is 0 Å². The average Bonchev–Trinajstić information content (AvgIpc) is 2.21. The van der Waals surface area contributed by atoms with Crippen molar-refractivity contribution >= 4 is 15.9 Å². The van der Waals surface area contributed by atoms with Crippen molar-refractivity contribution in [2.75, 3.05) is 0 Å². The molecular weight excluding hydrogens is 278 g/mol. The molecule has 0 amide bonds. The third-order valence-electron chi connectivity index (χ3n) is 2.43. The molecule has 0 aliphatic heterocycles. The van der Waals surface area contributed by atoms with E-state index in [1.165, 1.54) is 6.07 Å². The highest BCUT2D eigenvalue weighted by molar-refractivity contribution is 9.10. The Morgan fingerprint density at radius 3 is 2.44 bits per heavy atom. The smallest absolute Gasteiger partial charge is 0.146 e. The van der Waals surface area contributed by atoms with Crippen molar-refractivity contribution in [3.05, 3.63) is 33.8 Å². The number of halogens is 3. The van der Waals surface area contributed by atoms with Gasteiger partial charge in [-0.1, -0.05) is 13.8 Å². The quantitative estimate of drug-likeness (QED) is 0.825. The summed E-state index contributed by atoms with van der Waals surface area (Å²) in [6.45, 7) is 4.00. The minimum Gasteiger partial charge on any atom is -0.388 e. The van der Waals surface area contributed by atoms with Crippen molar-refractivity contribution in [1.82, 2.24) is 0 Å². The maximum Gasteiger partial charge on any atom is 0.146 e. The first-order valence-electron chi connectivity index (χ1n) is 5.25. The molecule has 0 aliphatic carbocycles. The lowest BCUT2D eigenvalue weighted by Crippen LogP contribution is -2.06. The minimum atomic E-state index is -1.08. The van der Waals surface area contributed by atoms with Crippen molar-refractivity contribution < 1.29 is 13.9 Å². The summed E-state index contributed by atoms with van der Waals surface area (Å²) in [5, 5.41) is 9.75. The molecule has 1 nitrogen and oxygen atoms in total. The number of benzene rings is 1. The van der Waals surface area contributed by atoms with Crippen LogP contribution in [0.15, 0.2) is 16.6 Å². The summed E-state index contributed by atoms with van der Waals surface area (Å²) in [7, 11) is 0. The fourth-order valence-electron chi connectivity index (χ4n) is 1.48. The Balaban J connectivity index is 2.90. The van der Waals surface area contributed by atoms with E-state index in [1.807, 2.05) is 13.8 Å². The Bertz CT molecular complexity index is 366. The summed E-state index contributed by atoms with van der Waals surface area (Å²) >= 11 is 2.98. The lowest BCUT2D eigenvalue weighted by atomic mass is 9.99. The second kappa shape index (κ2) is 5.73. The van der Waals surface area contributed by atoms with Gasteiger partial charge in [-0.3, -0.25) is 0 Å². The standard InChI is InChI=1S/C12H15BrF2O/c1-7(2)3-6-10(16)11-9(14)5-4-8(13)12(11)15/h4-5,7,10,16H,3,6H2,1-2H3. The molecular formula is C12H15BrF2O. The predicted octanol–water partition coefficient (Wildman–Crippen LogP) is 4.20. The minimum absolute atomic E-state index is 0.174. The molecule has 0 saturated heterocycles. The summed E-state index contributed by atoms with van der Waals surface area (Å²) in [4.78, 5) is 0. The first-order chi connectivity index (χ1) is 7.43. The van der Waals surface area contributed by atoms with E-state index in [0.29, 0.717) is 12.3 Å². The van der Waals surface area contributed by atoms with Gasteiger partial charge >= 0.3 is 0 Å². The molecule has 0 heterocycles. The average molecular weight is 293 g/mol. The van der Waals surface area contributed by atoms with Crippen LogP contribution in [0.1, 0.15) is 38.4 Å². The van der Waals surface area contributed by atoms with Crippen LogP contribution in [0, 0.1) is 17.6 Å². The molecule has 0 aliphatic rings. The fraction of sp³-hybridized carbons (Fsp3) is 0.500. The fourth-order valence-corrected chi connectivity index (χ4v) is 1.83. The molecule has 1 unspecified atom stereocenters. The van der Waals surface area contributed by atoms with Crippen molar-refractivity contribution in [3.63, 3.8) is 0 Å². The first-order valence-corrected chi connectivity index (χ1v) is 6.04. The molecule has 0 aromatic heterocycles. The van der Waals surface area contributed by atoms with Gasteiger partial charge in [0.05, 0.1) is 16.1 Å². The summed E-state index contributed by atoms with van der Waals surface area (Å²) in [5.41, 5.74) is -0.241. The van der Waals surface area contributed by atoms with Crippen LogP contribution in [-0.4, -0.2) is 5.11 Å². The maximum absolute atomic E-state index is 13.6. The van der Waals surface area contributed by atoms with E-state index in [2.05, 4.69) is 15.9 Å². The van der Waals surface area contributed by atoms with E-state index < -0.39 is 17.7 Å². The van der Waals surface area contributed by atoms with Gasteiger partial charge in [0.2, 0.25) is 0 Å². The van der Waals surface area contributed by atoms with Crippen molar-refractivity contribution in [2.24, 2.45) is 5.92 Å². The Labute approximate surface area is 103 Å². The lowest BCUT2D eigenvalue weighted by molar-refractivity contribution is 0.150. The number of hydrogen-bond donors (Lipinski definition) is 1. The lowest BCUT2D eigenvalue weighted by Gasteiger charge is -2.14. The molecule has 1 atom stereocenters. The van der Waals surface area contributed by atoms with Crippen LogP contribution in [0.3, 0.4) is 0 Å². The zero-order valence-corrected chi connectivity index (χ0v) is 10.9. The normalized spacial score (nSPS) is 13.2. The van der Waals surface area contributed by atoms with Gasteiger partial charge in [0.25, 0.3) is 0 Å². The molecule has 0 saturated carbocycles. The van der Waals surface area contributed by atoms with Crippen molar-refractivity contribution in [2.45, 2.75) is 32.8 Å². The zero-order valence-electron chi connectivity index (χ0n) is 9.30. The second-order valence-corrected chi connectivity index (χ2v) is 5.10. The van der Waals surface area contributed by atoms with Crippen LogP contribution in [0.4, 0.5) is 8.78 Å². The largest absolute Gasteiger partial charge is 0.388 e. The van der Waals surface area contributed by atoms with Gasteiger partial charge in [-0.2, -0.15) is 0 Å². The third-order valence-corrected chi connectivity index (χ3v) is 3.04. The van der Waals surface area contributed by atoms with Gasteiger partial charge in [0.1, 0.15) is 11.6 Å². The Morgan fingerprint density at radius 2 is 1.88 bits per heavy atom. The van der Waals surface area contributed by atoms with Crippen molar-refractivity contribution in [1.29, 1.82) is 0 Å². The number of aliphatic hydroxyl groups excluding tert-OH is 1. The number of rotatable bonds is 4. The molecule has 4 heteroatoms. The van der Waals surface area contributed by atoms with Crippen LogP contribution < -0.4 is 0 Å². The molecule has 0 spiro atoms. The number of hydrogen-bond acceptors (Lipinski definition) is 1. The monoisotopic (exact) mass is 292 g/mol. The summed E-state index contributed by atoms with van der Waals surface area (Å²) < 4.78 is 27.1. The highest BCUT2D eigenvalue weighted by Crippen LogP contribution is 2.29. The van der Waals surface area contributed by atoms with E-state index in [-0.39, 0.29) is 10.0 Å².